The van der Waals surface area contributed by atoms with E-state index in [1.807, 2.05) is 43.3 Å². The lowest BCUT2D eigenvalue weighted by molar-refractivity contribution is 0.515. The number of fused-ring (bicyclic) bond motifs is 3. The van der Waals surface area contributed by atoms with Crippen LogP contribution in [-0.4, -0.2) is 4.57 Å². The number of aryl methyl sites for hydroxylation is 1. The Morgan fingerprint density at radius 1 is 1.19 bits per heavy atom. The van der Waals surface area contributed by atoms with Crippen molar-refractivity contribution in [3.05, 3.63) is 46.9 Å². The van der Waals surface area contributed by atoms with Gasteiger partial charge < -0.3 is 4.42 Å². The predicted octanol–water partition coefficient (Wildman–Crippen LogP) is 2.77. The van der Waals surface area contributed by atoms with Gasteiger partial charge in [-0.25, -0.2) is 4.79 Å². The van der Waals surface area contributed by atoms with Crippen molar-refractivity contribution in [2.75, 3.05) is 0 Å². The largest absolute Gasteiger partial charge is 0.419 e. The summed E-state index contributed by atoms with van der Waals surface area (Å²) in [5.74, 6) is -0.283. The quantitative estimate of drug-likeness (QED) is 0.623. The van der Waals surface area contributed by atoms with E-state index in [0.717, 1.165) is 16.3 Å². The molecule has 1 aromatic heterocycles. The molecule has 2 aromatic carbocycles. The molecule has 0 radical (unpaired) electrons. The summed E-state index contributed by atoms with van der Waals surface area (Å²) in [6, 6.07) is 11.9. The highest BCUT2D eigenvalue weighted by molar-refractivity contribution is 6.02. The zero-order chi connectivity index (χ0) is 11.1. The second-order valence-corrected chi connectivity index (χ2v) is 3.75. The third-order valence-electron chi connectivity index (χ3n) is 2.88. The molecule has 3 nitrogen and oxygen atoms in total. The SMILES string of the molecule is CCn1c(=O)oc2c3ccccc3ccc21. The van der Waals surface area contributed by atoms with Gasteiger partial charge in [-0.05, 0) is 18.4 Å². The van der Waals surface area contributed by atoms with Gasteiger partial charge in [-0.3, -0.25) is 4.57 Å². The average Bonchev–Trinajstić information content (AvgIpc) is 2.65. The zero-order valence-corrected chi connectivity index (χ0v) is 8.93. The molecule has 80 valence electrons. The van der Waals surface area contributed by atoms with Gasteiger partial charge in [0.25, 0.3) is 0 Å². The van der Waals surface area contributed by atoms with Gasteiger partial charge in [0, 0.05) is 11.9 Å². The summed E-state index contributed by atoms with van der Waals surface area (Å²) in [4.78, 5) is 11.6. The summed E-state index contributed by atoms with van der Waals surface area (Å²) in [5, 5.41) is 2.08. The fourth-order valence-electron chi connectivity index (χ4n) is 2.09. The Morgan fingerprint density at radius 2 is 2.00 bits per heavy atom. The molecule has 0 atom stereocenters. The van der Waals surface area contributed by atoms with Crippen LogP contribution in [0.5, 0.6) is 0 Å². The summed E-state index contributed by atoms with van der Waals surface area (Å²) in [7, 11) is 0. The number of hydrogen-bond donors (Lipinski definition) is 0. The number of aromatic nitrogens is 1. The van der Waals surface area contributed by atoms with Crippen molar-refractivity contribution >= 4 is 21.9 Å². The Morgan fingerprint density at radius 3 is 2.81 bits per heavy atom. The number of benzene rings is 2. The summed E-state index contributed by atoms with van der Waals surface area (Å²) in [6.07, 6.45) is 0. The van der Waals surface area contributed by atoms with Crippen LogP contribution in [0.15, 0.2) is 45.6 Å². The number of oxazole rings is 1. The van der Waals surface area contributed by atoms with Crippen LogP contribution in [0.3, 0.4) is 0 Å². The van der Waals surface area contributed by atoms with Crippen molar-refractivity contribution in [2.45, 2.75) is 13.5 Å². The minimum absolute atomic E-state index is 0.283. The standard InChI is InChI=1S/C13H11NO2/c1-2-14-11-8-7-9-5-3-4-6-10(9)12(11)16-13(14)15/h3-8H,2H2,1H3. The number of nitrogens with zero attached hydrogens (tertiary/aromatic N) is 1. The van der Waals surface area contributed by atoms with Crippen molar-refractivity contribution in [1.82, 2.24) is 4.57 Å². The molecule has 0 N–H and O–H groups in total. The van der Waals surface area contributed by atoms with Crippen LogP contribution in [0.4, 0.5) is 0 Å². The molecule has 0 unspecified atom stereocenters. The molecule has 1 heterocycles. The van der Waals surface area contributed by atoms with Crippen LogP contribution in [0.1, 0.15) is 6.92 Å². The van der Waals surface area contributed by atoms with Crippen molar-refractivity contribution < 1.29 is 4.42 Å². The Kier molecular flexibility index (Phi) is 1.86. The molecule has 3 rings (SSSR count). The fourth-order valence-corrected chi connectivity index (χ4v) is 2.09. The first-order valence-electron chi connectivity index (χ1n) is 5.32. The summed E-state index contributed by atoms with van der Waals surface area (Å²) >= 11 is 0. The lowest BCUT2D eigenvalue weighted by atomic mass is 10.1. The van der Waals surface area contributed by atoms with Crippen LogP contribution in [0.2, 0.25) is 0 Å². The molecule has 0 aliphatic heterocycles. The highest BCUT2D eigenvalue weighted by Gasteiger charge is 2.09. The van der Waals surface area contributed by atoms with Gasteiger partial charge in [-0.15, -0.1) is 0 Å². The van der Waals surface area contributed by atoms with Crippen molar-refractivity contribution in [3.8, 4) is 0 Å². The maximum Gasteiger partial charge on any atom is 0.419 e. The van der Waals surface area contributed by atoms with Crippen LogP contribution in [0, 0.1) is 0 Å². The molecule has 0 aliphatic rings. The highest BCUT2D eigenvalue weighted by Crippen LogP contribution is 2.24. The van der Waals surface area contributed by atoms with Gasteiger partial charge in [-0.2, -0.15) is 0 Å². The average molecular weight is 213 g/mol. The monoisotopic (exact) mass is 213 g/mol. The third-order valence-corrected chi connectivity index (χ3v) is 2.88. The summed E-state index contributed by atoms with van der Waals surface area (Å²) in [5.41, 5.74) is 1.55. The molecule has 3 heteroatoms. The van der Waals surface area contributed by atoms with E-state index in [-0.39, 0.29) is 5.76 Å². The lowest BCUT2D eigenvalue weighted by Gasteiger charge is -1.99. The number of hydrogen-bond acceptors (Lipinski definition) is 2. The second-order valence-electron chi connectivity index (χ2n) is 3.75. The normalized spacial score (nSPS) is 11.3. The highest BCUT2D eigenvalue weighted by atomic mass is 16.4. The Balaban J connectivity index is 2.57. The van der Waals surface area contributed by atoms with E-state index in [1.165, 1.54) is 0 Å². The van der Waals surface area contributed by atoms with Crippen molar-refractivity contribution in [3.63, 3.8) is 0 Å². The van der Waals surface area contributed by atoms with Crippen molar-refractivity contribution in [2.24, 2.45) is 0 Å². The van der Waals surface area contributed by atoms with E-state index in [4.69, 9.17) is 4.42 Å². The van der Waals surface area contributed by atoms with Gasteiger partial charge >= 0.3 is 5.76 Å². The first-order chi connectivity index (χ1) is 7.81. The maximum atomic E-state index is 11.6. The zero-order valence-electron chi connectivity index (χ0n) is 8.93. The first-order valence-corrected chi connectivity index (χ1v) is 5.32. The van der Waals surface area contributed by atoms with Gasteiger partial charge in [0.15, 0.2) is 5.58 Å². The minimum Gasteiger partial charge on any atom is -0.407 e. The van der Waals surface area contributed by atoms with E-state index in [1.54, 1.807) is 4.57 Å². The van der Waals surface area contributed by atoms with E-state index in [0.29, 0.717) is 12.1 Å². The topological polar surface area (TPSA) is 35.1 Å². The minimum atomic E-state index is -0.283. The van der Waals surface area contributed by atoms with Crippen LogP contribution >= 0.6 is 0 Å². The smallest absolute Gasteiger partial charge is 0.407 e. The lowest BCUT2D eigenvalue weighted by Crippen LogP contribution is -2.11. The van der Waals surface area contributed by atoms with E-state index in [9.17, 15) is 4.79 Å². The maximum absolute atomic E-state index is 11.6. The molecule has 0 saturated carbocycles. The van der Waals surface area contributed by atoms with Crippen molar-refractivity contribution in [1.29, 1.82) is 0 Å². The van der Waals surface area contributed by atoms with Crippen LogP contribution in [0.25, 0.3) is 21.9 Å². The molecule has 0 bridgehead atoms. The molecular formula is C13H11NO2. The Bertz CT molecular complexity index is 721. The van der Waals surface area contributed by atoms with E-state index >= 15 is 0 Å². The van der Waals surface area contributed by atoms with E-state index in [2.05, 4.69) is 0 Å². The predicted molar refractivity (Wildman–Crippen MR) is 63.7 cm³/mol. The Hall–Kier alpha value is -2.03. The van der Waals surface area contributed by atoms with Crippen LogP contribution < -0.4 is 5.76 Å². The van der Waals surface area contributed by atoms with Crippen LogP contribution in [-0.2, 0) is 6.54 Å². The molecule has 16 heavy (non-hydrogen) atoms. The molecule has 0 aliphatic carbocycles. The van der Waals surface area contributed by atoms with Gasteiger partial charge in [0.05, 0.1) is 5.52 Å². The van der Waals surface area contributed by atoms with Gasteiger partial charge in [0.1, 0.15) is 0 Å². The summed E-state index contributed by atoms with van der Waals surface area (Å²) < 4.78 is 6.95. The number of rotatable bonds is 1. The second kappa shape index (κ2) is 3.23. The molecule has 0 saturated heterocycles. The van der Waals surface area contributed by atoms with E-state index < -0.39 is 0 Å². The third kappa shape index (κ3) is 1.11. The summed E-state index contributed by atoms with van der Waals surface area (Å²) in [6.45, 7) is 2.57. The fraction of sp³-hybridized carbons (Fsp3) is 0.154. The van der Waals surface area contributed by atoms with Gasteiger partial charge in [-0.1, -0.05) is 30.3 Å². The molecule has 0 spiro atoms. The van der Waals surface area contributed by atoms with Gasteiger partial charge in [0.2, 0.25) is 0 Å². The Labute approximate surface area is 91.9 Å². The molecule has 0 amide bonds. The molecule has 3 aromatic rings. The molecule has 0 fully saturated rings. The molecular weight excluding hydrogens is 202 g/mol. The first kappa shape index (κ1) is 9.21.